The average Bonchev–Trinajstić information content (AvgIpc) is 3.49. The highest BCUT2D eigenvalue weighted by Gasteiger charge is 2.41. The molecule has 0 aliphatic carbocycles. The molecule has 0 aromatic carbocycles. The summed E-state index contributed by atoms with van der Waals surface area (Å²) in [5.41, 5.74) is 0. The van der Waals surface area contributed by atoms with Crippen LogP contribution < -0.4 is 0 Å². The maximum Gasteiger partial charge on any atom is 0.500 e. The highest BCUT2D eigenvalue weighted by Crippen LogP contribution is 2.21. The van der Waals surface area contributed by atoms with Gasteiger partial charge in [-0.25, -0.2) is 4.98 Å². The van der Waals surface area contributed by atoms with Crippen LogP contribution >= 0.6 is 0 Å². The molecule has 0 atom stereocenters. The van der Waals surface area contributed by atoms with E-state index < -0.39 is 17.6 Å². The number of imidazole rings is 1. The molecule has 36 heavy (non-hydrogen) atoms. The summed E-state index contributed by atoms with van der Waals surface area (Å²) in [4.78, 5) is 11.8. The predicted molar refractivity (Wildman–Crippen MR) is 145 cm³/mol. The third kappa shape index (κ3) is 9.01. The first kappa shape index (κ1) is 31.1. The molecule has 1 aromatic rings. The number of hydrogen-bond donors (Lipinski definition) is 0. The van der Waals surface area contributed by atoms with E-state index in [0.717, 1.165) is 62.8 Å². The van der Waals surface area contributed by atoms with E-state index >= 15 is 0 Å². The topological polar surface area (TPSA) is 88.8 Å². The molecule has 2 heterocycles. The molecule has 2 rings (SSSR count). The molecule has 0 unspecified atom stereocenters. The fourth-order valence-corrected chi connectivity index (χ4v) is 9.75. The summed E-state index contributed by atoms with van der Waals surface area (Å²) in [6.07, 6.45) is 5.67. The molecule has 208 valence electrons. The van der Waals surface area contributed by atoms with E-state index in [1.54, 1.807) is 0 Å². The van der Waals surface area contributed by atoms with Crippen LogP contribution in [0.1, 0.15) is 60.2 Å². The lowest BCUT2D eigenvalue weighted by Gasteiger charge is -2.29. The molecule has 1 aromatic heterocycles. The minimum atomic E-state index is -2.65. The molecule has 12 heteroatoms. The van der Waals surface area contributed by atoms with E-state index in [1.807, 2.05) is 53.9 Å². The lowest BCUT2D eigenvalue weighted by atomic mass is 10.3. The first-order valence-corrected chi connectivity index (χ1v) is 17.5. The molecule has 1 aliphatic heterocycles. The van der Waals surface area contributed by atoms with Crippen molar-refractivity contribution in [3.63, 3.8) is 0 Å². The van der Waals surface area contributed by atoms with E-state index in [-0.39, 0.29) is 0 Å². The Labute approximate surface area is 220 Å². The van der Waals surface area contributed by atoms with Crippen LogP contribution in [0.25, 0.3) is 0 Å². The van der Waals surface area contributed by atoms with E-state index in [4.69, 9.17) is 31.5 Å². The van der Waals surface area contributed by atoms with Gasteiger partial charge in [0.15, 0.2) is 11.7 Å². The molecule has 0 bridgehead atoms. The fourth-order valence-electron chi connectivity index (χ4n) is 4.56. The summed E-state index contributed by atoms with van der Waals surface area (Å²) in [7, 11) is -5.30. The first-order valence-electron chi connectivity index (χ1n) is 13.7. The molecule has 0 amide bonds. The number of hydrogen-bond acceptors (Lipinski definition) is 9. The molecule has 0 saturated heterocycles. The zero-order valence-electron chi connectivity index (χ0n) is 23.3. The minimum Gasteiger partial charge on any atom is -0.374 e. The Morgan fingerprint density at radius 2 is 1.19 bits per heavy atom. The Balaban J connectivity index is 1.99. The van der Waals surface area contributed by atoms with Crippen LogP contribution in [0.3, 0.4) is 0 Å². The van der Waals surface area contributed by atoms with Gasteiger partial charge in [-0.3, -0.25) is 4.99 Å². The van der Waals surface area contributed by atoms with Crippen molar-refractivity contribution in [1.82, 2.24) is 14.5 Å². The van der Waals surface area contributed by atoms with Crippen LogP contribution in [0.2, 0.25) is 12.1 Å². The van der Waals surface area contributed by atoms with Crippen molar-refractivity contribution in [3.05, 3.63) is 18.2 Å². The van der Waals surface area contributed by atoms with Crippen molar-refractivity contribution in [2.75, 3.05) is 59.3 Å². The molecule has 10 nitrogen and oxygen atoms in total. The van der Waals surface area contributed by atoms with Gasteiger partial charge in [-0.2, -0.15) is 0 Å². The Kier molecular flexibility index (Phi) is 14.4. The zero-order valence-corrected chi connectivity index (χ0v) is 25.3. The van der Waals surface area contributed by atoms with E-state index in [9.17, 15) is 0 Å². The second-order valence-corrected chi connectivity index (χ2v) is 13.8. The van der Waals surface area contributed by atoms with Crippen molar-refractivity contribution in [2.24, 2.45) is 4.99 Å². The van der Waals surface area contributed by atoms with Crippen LogP contribution in [0.15, 0.2) is 17.4 Å². The molecular weight excluding hydrogens is 496 g/mol. The monoisotopic (exact) mass is 544 g/mol. The smallest absolute Gasteiger partial charge is 0.374 e. The van der Waals surface area contributed by atoms with E-state index in [1.165, 1.54) is 0 Å². The lowest BCUT2D eigenvalue weighted by molar-refractivity contribution is 0.0696. The zero-order chi connectivity index (χ0) is 26.3. The average molecular weight is 545 g/mol. The first-order chi connectivity index (χ1) is 17.5. The van der Waals surface area contributed by atoms with Crippen molar-refractivity contribution >= 4 is 23.4 Å². The number of aliphatic imine (C=N–C) groups is 1. The summed E-state index contributed by atoms with van der Waals surface area (Å²) >= 11 is 0. The number of amidine groups is 1. The second kappa shape index (κ2) is 16.7. The second-order valence-electron chi connectivity index (χ2n) is 8.31. The third-order valence-corrected chi connectivity index (χ3v) is 12.1. The van der Waals surface area contributed by atoms with Gasteiger partial charge in [-0.1, -0.05) is 0 Å². The summed E-state index contributed by atoms with van der Waals surface area (Å²) in [6.45, 7) is 18.9. The van der Waals surface area contributed by atoms with Gasteiger partial charge in [0, 0.05) is 83.8 Å². The fraction of sp³-hybridized carbons (Fsp3) is 0.833. The van der Waals surface area contributed by atoms with Crippen LogP contribution in [-0.2, 0) is 33.1 Å². The van der Waals surface area contributed by atoms with Crippen molar-refractivity contribution in [2.45, 2.75) is 73.0 Å². The summed E-state index contributed by atoms with van der Waals surface area (Å²) in [6, 6.07) is 1.56. The van der Waals surface area contributed by atoms with Gasteiger partial charge in [0.1, 0.15) is 0 Å². The van der Waals surface area contributed by atoms with E-state index in [0.29, 0.717) is 39.6 Å². The molecule has 0 spiro atoms. The predicted octanol–water partition coefficient (Wildman–Crippen LogP) is 3.82. The van der Waals surface area contributed by atoms with Crippen LogP contribution in [0.5, 0.6) is 0 Å². The minimum absolute atomic E-state index is 0.592. The third-order valence-electron chi connectivity index (χ3n) is 5.82. The Bertz CT molecular complexity index is 733. The highest BCUT2D eigenvalue weighted by atomic mass is 28.4. The van der Waals surface area contributed by atoms with Gasteiger partial charge in [0.2, 0.25) is 0 Å². The van der Waals surface area contributed by atoms with Gasteiger partial charge in [-0.15, -0.1) is 0 Å². The number of nitrogens with zero attached hydrogens (tertiary/aromatic N) is 4. The Morgan fingerprint density at radius 1 is 0.722 bits per heavy atom. The van der Waals surface area contributed by atoms with Crippen LogP contribution in [0, 0.1) is 0 Å². The number of aromatic nitrogens is 2. The van der Waals surface area contributed by atoms with Crippen molar-refractivity contribution in [1.29, 1.82) is 0 Å². The largest absolute Gasteiger partial charge is 0.500 e. The number of aryl methyl sites for hydroxylation is 1. The molecular formula is C24H48N4O6Si2. The maximum atomic E-state index is 6.02. The van der Waals surface area contributed by atoms with Gasteiger partial charge in [0.05, 0.1) is 6.54 Å². The van der Waals surface area contributed by atoms with Crippen LogP contribution in [0.4, 0.5) is 0 Å². The molecule has 0 N–H and O–H groups in total. The molecule has 1 aliphatic rings. The van der Waals surface area contributed by atoms with Gasteiger partial charge < -0.3 is 36.0 Å². The molecule has 0 fully saturated rings. The van der Waals surface area contributed by atoms with Crippen molar-refractivity contribution in [3.8, 4) is 0 Å². The van der Waals surface area contributed by atoms with Gasteiger partial charge >= 0.3 is 17.6 Å². The van der Waals surface area contributed by atoms with Gasteiger partial charge in [-0.05, 0) is 54.4 Å². The highest BCUT2D eigenvalue weighted by molar-refractivity contribution is 6.61. The quantitative estimate of drug-likeness (QED) is 0.216. The molecule has 0 saturated carbocycles. The normalized spacial score (nSPS) is 14.6. The van der Waals surface area contributed by atoms with Gasteiger partial charge in [0.25, 0.3) is 0 Å². The Morgan fingerprint density at radius 3 is 1.67 bits per heavy atom. The summed E-state index contributed by atoms with van der Waals surface area (Å²) < 4.78 is 38.3. The standard InChI is InChI=1S/C24H48N4O6Si2/c1-7-29-35(30-8-2,31-9-3)21-13-17-27-19-15-25-23(27)24-26-16-20-28(24)18-14-22-36(32-10-4,33-11-5)34-12-6/h15,19H,7-14,16-18,20-22H2,1-6H3. The SMILES string of the molecule is CCO[Si](CCCN1CCN=C1c1nccn1CCC[Si](OCC)(OCC)OCC)(OCC)OCC. The summed E-state index contributed by atoms with van der Waals surface area (Å²) in [5.74, 6) is 1.87. The van der Waals surface area contributed by atoms with E-state index in [2.05, 4.69) is 14.5 Å². The summed E-state index contributed by atoms with van der Waals surface area (Å²) in [5, 5.41) is 0. The lowest BCUT2D eigenvalue weighted by Crippen LogP contribution is -2.46. The maximum absolute atomic E-state index is 6.02. The van der Waals surface area contributed by atoms with Crippen molar-refractivity contribution < 1.29 is 26.6 Å². The van der Waals surface area contributed by atoms with Crippen LogP contribution in [-0.4, -0.2) is 97.2 Å². The molecule has 0 radical (unpaired) electrons. The Hall–Kier alpha value is -1.13. The number of rotatable bonds is 21.